The van der Waals surface area contributed by atoms with Crippen LogP contribution in [-0.2, 0) is 0 Å². The summed E-state index contributed by atoms with van der Waals surface area (Å²) >= 11 is 0. The summed E-state index contributed by atoms with van der Waals surface area (Å²) in [6.07, 6.45) is 0. The lowest BCUT2D eigenvalue weighted by Crippen LogP contribution is -2.00. The maximum Gasteiger partial charge on any atom is 0.167 e. The van der Waals surface area contributed by atoms with Gasteiger partial charge in [0.05, 0.1) is 16.6 Å². The molecule has 5 heteroatoms. The van der Waals surface area contributed by atoms with Crippen LogP contribution in [0.2, 0.25) is 0 Å². The van der Waals surface area contributed by atoms with Crippen molar-refractivity contribution in [2.24, 2.45) is 0 Å². The van der Waals surface area contributed by atoms with Gasteiger partial charge in [-0.3, -0.25) is 0 Å². The van der Waals surface area contributed by atoms with Crippen LogP contribution < -0.4 is 0 Å². The van der Waals surface area contributed by atoms with Crippen LogP contribution in [0.15, 0.2) is 199 Å². The zero-order valence-corrected chi connectivity index (χ0v) is 30.2. The van der Waals surface area contributed by atoms with E-state index in [9.17, 15) is 0 Å². The number of benzene rings is 8. The Kier molecular flexibility index (Phi) is 7.42. The zero-order chi connectivity index (χ0) is 37.0. The average molecular weight is 717 g/mol. The van der Waals surface area contributed by atoms with Crippen molar-refractivity contribution in [1.29, 1.82) is 0 Å². The Hall–Kier alpha value is -7.63. The lowest BCUT2D eigenvalue weighted by atomic mass is 9.99. The minimum atomic E-state index is 0.561. The van der Waals surface area contributed by atoms with Crippen molar-refractivity contribution >= 4 is 43.7 Å². The second kappa shape index (κ2) is 13.0. The summed E-state index contributed by atoms with van der Waals surface area (Å²) in [6, 6.07) is 67.5. The highest BCUT2D eigenvalue weighted by atomic mass is 16.3. The molecule has 11 rings (SSSR count). The highest BCUT2D eigenvalue weighted by molar-refractivity contribution is 6.22. The van der Waals surface area contributed by atoms with Gasteiger partial charge in [-0.05, 0) is 58.7 Å². The molecule has 0 saturated carbocycles. The molecule has 0 atom stereocenters. The van der Waals surface area contributed by atoms with E-state index in [1.54, 1.807) is 0 Å². The first-order valence-corrected chi connectivity index (χ1v) is 18.8. The van der Waals surface area contributed by atoms with Crippen molar-refractivity contribution in [3.8, 4) is 62.1 Å². The first kappa shape index (κ1) is 31.9. The fourth-order valence-corrected chi connectivity index (χ4v) is 7.99. The Balaban J connectivity index is 1.10. The van der Waals surface area contributed by atoms with Crippen LogP contribution >= 0.6 is 0 Å². The summed E-state index contributed by atoms with van der Waals surface area (Å²) in [4.78, 5) is 15.0. The molecule has 3 heterocycles. The Labute approximate surface area is 322 Å². The molecule has 56 heavy (non-hydrogen) atoms. The maximum absolute atomic E-state index is 7.06. The standard InChI is InChI=1S/C51H32N4O/c1-4-14-33(15-5-1)37-20-12-21-38(32-37)34-26-28-39(29-27-34)55-45-25-11-10-22-40(45)41-30-31-43-42-23-13-24-44(47(42)56-48(43)46(41)55)51-53-49(35-16-6-2-7-17-35)52-50(54-51)36-18-8-3-9-19-36/h1-32H. The van der Waals surface area contributed by atoms with Crippen molar-refractivity contribution in [2.45, 2.75) is 0 Å². The third-order valence-corrected chi connectivity index (χ3v) is 10.7. The van der Waals surface area contributed by atoms with E-state index in [1.165, 1.54) is 22.1 Å². The largest absolute Gasteiger partial charge is 0.453 e. The van der Waals surface area contributed by atoms with Crippen molar-refractivity contribution in [1.82, 2.24) is 19.5 Å². The molecular weight excluding hydrogens is 685 g/mol. The van der Waals surface area contributed by atoms with Crippen LogP contribution in [0.3, 0.4) is 0 Å². The van der Waals surface area contributed by atoms with Crippen LogP contribution in [0.1, 0.15) is 0 Å². The van der Waals surface area contributed by atoms with Crippen LogP contribution in [0.4, 0.5) is 0 Å². The molecule has 0 spiro atoms. The van der Waals surface area contributed by atoms with E-state index >= 15 is 0 Å². The minimum absolute atomic E-state index is 0.561. The quantitative estimate of drug-likeness (QED) is 0.172. The SMILES string of the molecule is c1ccc(-c2cccc(-c3ccc(-n4c5ccccc5c5ccc6c7cccc(-c8nc(-c9ccccc9)nc(-c9ccccc9)n8)c7oc6c54)cc3)c2)cc1. The monoisotopic (exact) mass is 716 g/mol. The smallest absolute Gasteiger partial charge is 0.167 e. The van der Waals surface area contributed by atoms with E-state index in [0.29, 0.717) is 17.5 Å². The third-order valence-electron chi connectivity index (χ3n) is 10.7. The van der Waals surface area contributed by atoms with Gasteiger partial charge >= 0.3 is 0 Å². The van der Waals surface area contributed by atoms with Crippen molar-refractivity contribution < 1.29 is 4.42 Å². The first-order valence-electron chi connectivity index (χ1n) is 18.8. The molecule has 0 saturated heterocycles. The molecule has 0 aliphatic rings. The molecule has 0 amide bonds. The molecule has 0 bridgehead atoms. The molecule has 0 N–H and O–H groups in total. The highest BCUT2D eigenvalue weighted by Gasteiger charge is 2.22. The Morgan fingerprint density at radius 2 is 0.839 bits per heavy atom. The normalized spacial score (nSPS) is 11.6. The number of hydrogen-bond donors (Lipinski definition) is 0. The Morgan fingerprint density at radius 1 is 0.339 bits per heavy atom. The minimum Gasteiger partial charge on any atom is -0.453 e. The summed E-state index contributed by atoms with van der Waals surface area (Å²) in [6.45, 7) is 0. The molecule has 8 aromatic carbocycles. The van der Waals surface area contributed by atoms with Crippen LogP contribution in [0.25, 0.3) is 106 Å². The summed E-state index contributed by atoms with van der Waals surface area (Å²) in [5.41, 5.74) is 12.2. The van der Waals surface area contributed by atoms with E-state index in [2.05, 4.69) is 132 Å². The second-order valence-electron chi connectivity index (χ2n) is 14.0. The fourth-order valence-electron chi connectivity index (χ4n) is 7.99. The van der Waals surface area contributed by atoms with Crippen molar-refractivity contribution in [3.63, 3.8) is 0 Å². The van der Waals surface area contributed by atoms with Crippen LogP contribution in [0.5, 0.6) is 0 Å². The molecular formula is C51H32N4O. The zero-order valence-electron chi connectivity index (χ0n) is 30.2. The molecule has 0 fully saturated rings. The van der Waals surface area contributed by atoms with Crippen molar-refractivity contribution in [3.05, 3.63) is 194 Å². The van der Waals surface area contributed by atoms with E-state index in [-0.39, 0.29) is 0 Å². The van der Waals surface area contributed by atoms with Gasteiger partial charge in [0.15, 0.2) is 23.1 Å². The van der Waals surface area contributed by atoms with Gasteiger partial charge in [-0.2, -0.15) is 0 Å². The second-order valence-corrected chi connectivity index (χ2v) is 14.0. The summed E-state index contributed by atoms with van der Waals surface area (Å²) in [7, 11) is 0. The molecule has 0 aliphatic heterocycles. The molecule has 0 unspecified atom stereocenters. The highest BCUT2D eigenvalue weighted by Crippen LogP contribution is 2.42. The topological polar surface area (TPSA) is 56.7 Å². The van der Waals surface area contributed by atoms with Crippen molar-refractivity contribution in [2.75, 3.05) is 0 Å². The van der Waals surface area contributed by atoms with Gasteiger partial charge in [0.25, 0.3) is 0 Å². The molecule has 3 aromatic heterocycles. The fraction of sp³-hybridized carbons (Fsp3) is 0. The number of hydrogen-bond acceptors (Lipinski definition) is 4. The predicted molar refractivity (Wildman–Crippen MR) is 229 cm³/mol. The maximum atomic E-state index is 7.06. The lowest BCUT2D eigenvalue weighted by molar-refractivity contribution is 0.671. The predicted octanol–water partition coefficient (Wildman–Crippen LogP) is 13.2. The van der Waals surface area contributed by atoms with Gasteiger partial charge in [0.2, 0.25) is 0 Å². The molecule has 5 nitrogen and oxygen atoms in total. The number of aromatic nitrogens is 4. The number of nitrogens with zero attached hydrogens (tertiary/aromatic N) is 4. The van der Waals surface area contributed by atoms with E-state index in [0.717, 1.165) is 66.3 Å². The van der Waals surface area contributed by atoms with E-state index < -0.39 is 0 Å². The first-order chi connectivity index (χ1) is 27.8. The summed E-state index contributed by atoms with van der Waals surface area (Å²) in [5, 5.41) is 4.34. The third kappa shape index (κ3) is 5.29. The Bertz CT molecular complexity index is 3160. The van der Waals surface area contributed by atoms with Crippen LogP contribution in [-0.4, -0.2) is 19.5 Å². The molecule has 0 aliphatic carbocycles. The van der Waals surface area contributed by atoms with Gasteiger partial charge in [0, 0.05) is 38.4 Å². The number of para-hydroxylation sites is 2. The summed E-state index contributed by atoms with van der Waals surface area (Å²) < 4.78 is 9.40. The van der Waals surface area contributed by atoms with E-state index in [1.807, 2.05) is 66.7 Å². The van der Waals surface area contributed by atoms with Gasteiger partial charge in [-0.1, -0.05) is 158 Å². The van der Waals surface area contributed by atoms with Gasteiger partial charge in [-0.15, -0.1) is 0 Å². The molecule has 0 radical (unpaired) electrons. The lowest BCUT2D eigenvalue weighted by Gasteiger charge is -2.10. The number of rotatable bonds is 6. The van der Waals surface area contributed by atoms with Gasteiger partial charge in [0.1, 0.15) is 5.58 Å². The molecule has 262 valence electrons. The number of fused-ring (bicyclic) bond motifs is 7. The van der Waals surface area contributed by atoms with Crippen LogP contribution in [0, 0.1) is 0 Å². The van der Waals surface area contributed by atoms with Gasteiger partial charge < -0.3 is 8.98 Å². The number of furan rings is 1. The Morgan fingerprint density at radius 3 is 1.52 bits per heavy atom. The van der Waals surface area contributed by atoms with Gasteiger partial charge in [-0.25, -0.2) is 15.0 Å². The average Bonchev–Trinajstić information content (AvgIpc) is 3.83. The summed E-state index contributed by atoms with van der Waals surface area (Å²) in [5.74, 6) is 1.78. The van der Waals surface area contributed by atoms with E-state index in [4.69, 9.17) is 19.4 Å². The molecule has 11 aromatic rings.